The number of fused-ring (bicyclic) bond motifs is 1. The molecule has 1 amide bonds. The lowest BCUT2D eigenvalue weighted by Gasteiger charge is -2.31. The predicted octanol–water partition coefficient (Wildman–Crippen LogP) is -0.244. The zero-order valence-electron chi connectivity index (χ0n) is 18.5. The lowest BCUT2D eigenvalue weighted by Crippen LogP contribution is -3.28. The van der Waals surface area contributed by atoms with Crippen LogP contribution in [0.15, 0.2) is 42.5 Å². The van der Waals surface area contributed by atoms with Crippen LogP contribution in [0.2, 0.25) is 0 Å². The average Bonchev–Trinajstić information content (AvgIpc) is 3.27. The molecule has 0 atom stereocenters. The number of amides is 1. The summed E-state index contributed by atoms with van der Waals surface area (Å²) < 4.78 is 16.1. The SMILES string of the molecule is CCN(Cc1ccc2c(c1)OCO2)C(=O)C[NH+]1CC[NH+](Cc2ccc(OC)cc2)CC1. The van der Waals surface area contributed by atoms with Crippen LogP contribution < -0.4 is 24.0 Å². The second-order valence-electron chi connectivity index (χ2n) is 8.30. The molecule has 2 heterocycles. The highest BCUT2D eigenvalue weighted by atomic mass is 16.7. The highest BCUT2D eigenvalue weighted by Gasteiger charge is 2.27. The number of ether oxygens (including phenoxy) is 3. The Balaban J connectivity index is 1.24. The Morgan fingerprint density at radius 1 is 0.968 bits per heavy atom. The van der Waals surface area contributed by atoms with E-state index in [4.69, 9.17) is 14.2 Å². The number of likely N-dealkylation sites (N-methyl/N-ethyl adjacent to an activating group) is 1. The van der Waals surface area contributed by atoms with Crippen molar-refractivity contribution in [3.05, 3.63) is 53.6 Å². The van der Waals surface area contributed by atoms with Gasteiger partial charge in [0.1, 0.15) is 38.5 Å². The highest BCUT2D eigenvalue weighted by Crippen LogP contribution is 2.32. The topological polar surface area (TPSA) is 56.9 Å². The number of nitrogens with zero attached hydrogens (tertiary/aromatic N) is 1. The van der Waals surface area contributed by atoms with Crippen LogP contribution in [0.4, 0.5) is 0 Å². The average molecular weight is 428 g/mol. The molecule has 166 valence electrons. The number of quaternary nitrogens is 2. The molecule has 0 spiro atoms. The van der Waals surface area contributed by atoms with Gasteiger partial charge < -0.3 is 28.9 Å². The number of piperazine rings is 1. The van der Waals surface area contributed by atoms with Crippen molar-refractivity contribution in [2.75, 3.05) is 53.2 Å². The van der Waals surface area contributed by atoms with Gasteiger partial charge >= 0.3 is 0 Å². The van der Waals surface area contributed by atoms with E-state index in [1.54, 1.807) is 12.0 Å². The van der Waals surface area contributed by atoms with Gasteiger partial charge in [-0.25, -0.2) is 0 Å². The van der Waals surface area contributed by atoms with Gasteiger partial charge in [0.25, 0.3) is 5.91 Å². The fourth-order valence-electron chi connectivity index (χ4n) is 4.30. The van der Waals surface area contributed by atoms with Crippen LogP contribution >= 0.6 is 0 Å². The van der Waals surface area contributed by atoms with Gasteiger partial charge in [0.15, 0.2) is 18.0 Å². The first-order valence-electron chi connectivity index (χ1n) is 11.1. The van der Waals surface area contributed by atoms with Crippen LogP contribution in [0.25, 0.3) is 0 Å². The maximum atomic E-state index is 12.9. The fraction of sp³-hybridized carbons (Fsp3) is 0.458. The summed E-state index contributed by atoms with van der Waals surface area (Å²) in [5, 5.41) is 0. The number of benzene rings is 2. The molecule has 0 aliphatic carbocycles. The summed E-state index contributed by atoms with van der Waals surface area (Å²) in [6, 6.07) is 14.2. The molecule has 7 heteroatoms. The number of hydrogen-bond donors (Lipinski definition) is 2. The van der Waals surface area contributed by atoms with Gasteiger partial charge in [-0.05, 0) is 48.9 Å². The number of methoxy groups -OCH3 is 1. The molecular weight excluding hydrogens is 394 g/mol. The minimum absolute atomic E-state index is 0.216. The van der Waals surface area contributed by atoms with E-state index in [1.165, 1.54) is 10.5 Å². The van der Waals surface area contributed by atoms with Crippen molar-refractivity contribution in [3.8, 4) is 17.2 Å². The Kier molecular flexibility index (Phi) is 6.94. The molecule has 0 bridgehead atoms. The second kappa shape index (κ2) is 10.0. The summed E-state index contributed by atoms with van der Waals surface area (Å²) in [6.07, 6.45) is 0. The van der Waals surface area contributed by atoms with Crippen LogP contribution in [0.3, 0.4) is 0 Å². The molecule has 31 heavy (non-hydrogen) atoms. The molecule has 0 unspecified atom stereocenters. The predicted molar refractivity (Wildman–Crippen MR) is 117 cm³/mol. The lowest BCUT2D eigenvalue weighted by atomic mass is 10.1. The van der Waals surface area contributed by atoms with E-state index in [0.717, 1.165) is 55.5 Å². The van der Waals surface area contributed by atoms with Crippen molar-refractivity contribution >= 4 is 5.91 Å². The van der Waals surface area contributed by atoms with Crippen LogP contribution in [-0.4, -0.2) is 64.0 Å². The summed E-state index contributed by atoms with van der Waals surface area (Å²) >= 11 is 0. The Hall–Kier alpha value is -2.77. The first-order chi connectivity index (χ1) is 15.1. The number of hydrogen-bond acceptors (Lipinski definition) is 4. The first kappa shape index (κ1) is 21.5. The zero-order valence-corrected chi connectivity index (χ0v) is 18.5. The van der Waals surface area contributed by atoms with Gasteiger partial charge in [-0.15, -0.1) is 0 Å². The summed E-state index contributed by atoms with van der Waals surface area (Å²) in [7, 11) is 1.69. The number of carbonyl (C=O) groups excluding carboxylic acids is 1. The van der Waals surface area contributed by atoms with Gasteiger partial charge in [-0.3, -0.25) is 4.79 Å². The maximum absolute atomic E-state index is 12.9. The molecule has 2 aromatic carbocycles. The van der Waals surface area contributed by atoms with Crippen LogP contribution in [0.1, 0.15) is 18.1 Å². The zero-order chi connectivity index (χ0) is 21.6. The third kappa shape index (κ3) is 5.48. The van der Waals surface area contributed by atoms with Gasteiger partial charge in [0.05, 0.1) is 7.11 Å². The standard InChI is InChI=1S/C24H31N3O4/c1-3-27(16-20-6-9-22-23(14-20)31-18-30-22)24(28)17-26-12-10-25(11-13-26)15-19-4-7-21(29-2)8-5-19/h4-9,14H,3,10-13,15-18H2,1-2H3/p+2. The molecule has 1 saturated heterocycles. The first-order valence-corrected chi connectivity index (χ1v) is 11.1. The van der Waals surface area contributed by atoms with Crippen molar-refractivity contribution in [3.63, 3.8) is 0 Å². The van der Waals surface area contributed by atoms with Gasteiger partial charge in [-0.1, -0.05) is 6.07 Å². The van der Waals surface area contributed by atoms with Gasteiger partial charge in [0.2, 0.25) is 6.79 Å². The second-order valence-corrected chi connectivity index (χ2v) is 8.30. The molecular formula is C24H33N3O4+2. The Labute approximate surface area is 184 Å². The van der Waals surface area contributed by atoms with Crippen molar-refractivity contribution in [2.45, 2.75) is 20.0 Å². The molecule has 0 radical (unpaired) electrons. The van der Waals surface area contributed by atoms with Crippen LogP contribution in [-0.2, 0) is 17.9 Å². The normalized spacial score (nSPS) is 19.8. The molecule has 4 rings (SSSR count). The number of carbonyl (C=O) groups is 1. The maximum Gasteiger partial charge on any atom is 0.278 e. The summed E-state index contributed by atoms with van der Waals surface area (Å²) in [5.74, 6) is 2.65. The van der Waals surface area contributed by atoms with E-state index in [9.17, 15) is 4.79 Å². The summed E-state index contributed by atoms with van der Waals surface area (Å²) in [6.45, 7) is 9.43. The number of rotatable bonds is 8. The van der Waals surface area contributed by atoms with Crippen LogP contribution in [0, 0.1) is 0 Å². The largest absolute Gasteiger partial charge is 0.497 e. The minimum atomic E-state index is 0.216. The van der Waals surface area contributed by atoms with Crippen molar-refractivity contribution < 1.29 is 28.8 Å². The van der Waals surface area contributed by atoms with Gasteiger partial charge in [-0.2, -0.15) is 0 Å². The van der Waals surface area contributed by atoms with Gasteiger partial charge in [0, 0.05) is 18.7 Å². The molecule has 2 aromatic rings. The molecule has 1 fully saturated rings. The fourth-order valence-corrected chi connectivity index (χ4v) is 4.30. The van der Waals surface area contributed by atoms with E-state index in [-0.39, 0.29) is 12.7 Å². The third-order valence-corrected chi connectivity index (χ3v) is 6.22. The monoisotopic (exact) mass is 427 g/mol. The molecule has 0 aromatic heterocycles. The van der Waals surface area contributed by atoms with E-state index < -0.39 is 0 Å². The smallest absolute Gasteiger partial charge is 0.278 e. The van der Waals surface area contributed by atoms with Crippen molar-refractivity contribution in [1.82, 2.24) is 4.90 Å². The molecule has 7 nitrogen and oxygen atoms in total. The number of nitrogens with one attached hydrogen (secondary N) is 2. The van der Waals surface area contributed by atoms with E-state index in [2.05, 4.69) is 12.1 Å². The van der Waals surface area contributed by atoms with E-state index in [1.807, 2.05) is 42.2 Å². The molecule has 0 saturated carbocycles. The summed E-state index contributed by atoms with van der Waals surface area (Å²) in [4.78, 5) is 17.8. The Morgan fingerprint density at radius 2 is 1.65 bits per heavy atom. The highest BCUT2D eigenvalue weighted by molar-refractivity contribution is 5.77. The Morgan fingerprint density at radius 3 is 2.35 bits per heavy atom. The van der Waals surface area contributed by atoms with E-state index >= 15 is 0 Å². The molecule has 2 N–H and O–H groups in total. The lowest BCUT2D eigenvalue weighted by molar-refractivity contribution is -1.02. The minimum Gasteiger partial charge on any atom is -0.497 e. The van der Waals surface area contributed by atoms with Crippen molar-refractivity contribution in [1.29, 1.82) is 0 Å². The third-order valence-electron chi connectivity index (χ3n) is 6.22. The van der Waals surface area contributed by atoms with Crippen molar-refractivity contribution in [2.24, 2.45) is 0 Å². The van der Waals surface area contributed by atoms with Crippen LogP contribution in [0.5, 0.6) is 17.2 Å². The quantitative estimate of drug-likeness (QED) is 0.611. The summed E-state index contributed by atoms with van der Waals surface area (Å²) in [5.41, 5.74) is 2.40. The van der Waals surface area contributed by atoms with E-state index in [0.29, 0.717) is 19.6 Å². The molecule has 2 aliphatic heterocycles. The Bertz CT molecular complexity index is 879. The molecule has 2 aliphatic rings.